The first-order valence-corrected chi connectivity index (χ1v) is 10.1. The van der Waals surface area contributed by atoms with E-state index >= 15 is 0 Å². The molecule has 3 amide bonds. The Kier molecular flexibility index (Phi) is 5.38. The number of urea groups is 1. The van der Waals surface area contributed by atoms with Crippen LogP contribution in [0.25, 0.3) is 10.8 Å². The fraction of sp³-hybridized carbons (Fsp3) is 0.200. The second-order valence-electron chi connectivity index (χ2n) is 7.67. The minimum atomic E-state index is -0.658. The molecule has 1 atom stereocenters. The van der Waals surface area contributed by atoms with E-state index in [4.69, 9.17) is 4.74 Å². The number of carbonyl (C=O) groups is 2. The molecule has 0 radical (unpaired) electrons. The van der Waals surface area contributed by atoms with E-state index in [1.54, 1.807) is 21.1 Å². The topological polar surface area (TPSA) is 70.7 Å². The van der Waals surface area contributed by atoms with E-state index in [9.17, 15) is 9.59 Å². The molecule has 4 rings (SSSR count). The molecule has 1 aliphatic heterocycles. The summed E-state index contributed by atoms with van der Waals surface area (Å²) in [6, 6.07) is 18.4. The van der Waals surface area contributed by atoms with Crippen LogP contribution in [0.1, 0.15) is 24.1 Å². The average Bonchev–Trinajstić information content (AvgIpc) is 2.76. The zero-order valence-corrected chi connectivity index (χ0v) is 18.0. The maximum absolute atomic E-state index is 13.5. The summed E-state index contributed by atoms with van der Waals surface area (Å²) in [5.41, 5.74) is 3.57. The van der Waals surface area contributed by atoms with Gasteiger partial charge in [0.1, 0.15) is 5.75 Å². The zero-order chi connectivity index (χ0) is 22.1. The number of allylic oxidation sites excluding steroid dienone is 1. The van der Waals surface area contributed by atoms with Crippen LogP contribution in [0.3, 0.4) is 0 Å². The molecule has 6 heteroatoms. The number of carbonyl (C=O) groups excluding carboxylic acids is 2. The summed E-state index contributed by atoms with van der Waals surface area (Å²) in [4.78, 5) is 27.6. The van der Waals surface area contributed by atoms with E-state index in [0.717, 1.165) is 21.9 Å². The molecule has 0 saturated carbocycles. The summed E-state index contributed by atoms with van der Waals surface area (Å²) in [7, 11) is 3.24. The molecule has 3 aromatic rings. The highest BCUT2D eigenvalue weighted by Gasteiger charge is 2.36. The van der Waals surface area contributed by atoms with Crippen molar-refractivity contribution in [3.63, 3.8) is 0 Å². The third-order valence-electron chi connectivity index (χ3n) is 5.71. The first-order valence-electron chi connectivity index (χ1n) is 10.1. The van der Waals surface area contributed by atoms with Crippen LogP contribution >= 0.6 is 0 Å². The van der Waals surface area contributed by atoms with Crippen molar-refractivity contribution in [2.75, 3.05) is 19.5 Å². The van der Waals surface area contributed by atoms with Crippen molar-refractivity contribution in [1.82, 2.24) is 10.2 Å². The van der Waals surface area contributed by atoms with Gasteiger partial charge in [0.2, 0.25) is 0 Å². The van der Waals surface area contributed by atoms with Crippen molar-refractivity contribution >= 4 is 28.4 Å². The summed E-state index contributed by atoms with van der Waals surface area (Å²) in [6.07, 6.45) is 0. The van der Waals surface area contributed by atoms with Crippen LogP contribution in [-0.2, 0) is 4.79 Å². The first-order chi connectivity index (χ1) is 14.9. The zero-order valence-electron chi connectivity index (χ0n) is 18.0. The van der Waals surface area contributed by atoms with Crippen LogP contribution in [0.15, 0.2) is 71.9 Å². The smallest absolute Gasteiger partial charge is 0.322 e. The van der Waals surface area contributed by atoms with Gasteiger partial charge in [0, 0.05) is 24.0 Å². The monoisotopic (exact) mass is 415 g/mol. The van der Waals surface area contributed by atoms with E-state index < -0.39 is 6.04 Å². The fourth-order valence-electron chi connectivity index (χ4n) is 4.02. The highest BCUT2D eigenvalue weighted by molar-refractivity contribution is 6.07. The predicted octanol–water partition coefficient (Wildman–Crippen LogP) is 4.77. The highest BCUT2D eigenvalue weighted by Crippen LogP contribution is 2.39. The van der Waals surface area contributed by atoms with Gasteiger partial charge in [-0.3, -0.25) is 4.79 Å². The Hall–Kier alpha value is -3.80. The minimum absolute atomic E-state index is 0.269. The number of hydrogen-bond acceptors (Lipinski definition) is 3. The molecule has 6 nitrogen and oxygen atoms in total. The van der Waals surface area contributed by atoms with Gasteiger partial charge >= 0.3 is 6.03 Å². The fourth-order valence-corrected chi connectivity index (χ4v) is 4.02. The molecule has 0 spiro atoms. The lowest BCUT2D eigenvalue weighted by Gasteiger charge is -2.34. The number of benzene rings is 3. The third-order valence-corrected chi connectivity index (χ3v) is 5.71. The van der Waals surface area contributed by atoms with Crippen molar-refractivity contribution in [1.29, 1.82) is 0 Å². The Labute approximate surface area is 181 Å². The molecule has 2 N–H and O–H groups in total. The number of rotatable bonds is 4. The summed E-state index contributed by atoms with van der Waals surface area (Å²) in [5, 5.41) is 7.91. The van der Waals surface area contributed by atoms with Gasteiger partial charge in [-0.2, -0.15) is 0 Å². The molecule has 1 aliphatic rings. The maximum atomic E-state index is 13.5. The molecule has 0 aliphatic carbocycles. The van der Waals surface area contributed by atoms with Gasteiger partial charge in [0.05, 0.1) is 18.7 Å². The lowest BCUT2D eigenvalue weighted by Crippen LogP contribution is -2.47. The van der Waals surface area contributed by atoms with Gasteiger partial charge in [-0.25, -0.2) is 4.79 Å². The number of nitrogens with zero attached hydrogens (tertiary/aromatic N) is 1. The van der Waals surface area contributed by atoms with Gasteiger partial charge in [0.15, 0.2) is 0 Å². The largest absolute Gasteiger partial charge is 0.496 e. The summed E-state index contributed by atoms with van der Waals surface area (Å²) >= 11 is 0. The maximum Gasteiger partial charge on any atom is 0.322 e. The second kappa shape index (κ2) is 8.14. The molecular weight excluding hydrogens is 390 g/mol. The minimum Gasteiger partial charge on any atom is -0.496 e. The summed E-state index contributed by atoms with van der Waals surface area (Å²) < 4.78 is 5.65. The molecule has 1 unspecified atom stereocenters. The number of nitrogens with one attached hydrogen (secondary N) is 2. The van der Waals surface area contributed by atoms with Crippen LogP contribution in [-0.4, -0.2) is 31.0 Å². The van der Waals surface area contributed by atoms with E-state index in [-0.39, 0.29) is 11.9 Å². The van der Waals surface area contributed by atoms with Gasteiger partial charge in [0.25, 0.3) is 5.91 Å². The molecule has 1 heterocycles. The van der Waals surface area contributed by atoms with Crippen molar-refractivity contribution < 1.29 is 14.3 Å². The Morgan fingerprint density at radius 3 is 2.58 bits per heavy atom. The van der Waals surface area contributed by atoms with Gasteiger partial charge in [-0.05, 0) is 48.4 Å². The van der Waals surface area contributed by atoms with Gasteiger partial charge < -0.3 is 20.3 Å². The number of aryl methyl sites for hydroxylation is 1. The van der Waals surface area contributed by atoms with Crippen molar-refractivity contribution in [3.05, 3.63) is 83.1 Å². The molecule has 0 bridgehead atoms. The van der Waals surface area contributed by atoms with Crippen molar-refractivity contribution in [2.45, 2.75) is 19.9 Å². The van der Waals surface area contributed by atoms with E-state index in [2.05, 4.69) is 10.6 Å². The van der Waals surface area contributed by atoms with Crippen LogP contribution in [0.5, 0.6) is 5.75 Å². The molecular formula is C25H25N3O3. The Balaban J connectivity index is 1.87. The number of anilines is 1. The molecule has 158 valence electrons. The summed E-state index contributed by atoms with van der Waals surface area (Å²) in [6.45, 7) is 3.76. The van der Waals surface area contributed by atoms with Gasteiger partial charge in [-0.1, -0.05) is 42.5 Å². The number of ether oxygens (including phenoxy) is 1. The quantitative estimate of drug-likeness (QED) is 0.645. The van der Waals surface area contributed by atoms with Crippen molar-refractivity contribution in [2.24, 2.45) is 0 Å². The molecule has 0 fully saturated rings. The van der Waals surface area contributed by atoms with Crippen LogP contribution in [0.4, 0.5) is 10.5 Å². The molecule has 0 aromatic heterocycles. The number of fused-ring (bicyclic) bond motifs is 1. The van der Waals surface area contributed by atoms with Gasteiger partial charge in [-0.15, -0.1) is 0 Å². The van der Waals surface area contributed by atoms with Crippen LogP contribution in [0, 0.1) is 6.92 Å². The van der Waals surface area contributed by atoms with Crippen LogP contribution in [0.2, 0.25) is 0 Å². The number of hydrogen-bond donors (Lipinski definition) is 2. The second-order valence-corrected chi connectivity index (χ2v) is 7.67. The number of amides is 3. The standard InChI is InChI=1S/C25H25N3O3/c1-15-8-7-10-18(14-15)26-24(29)21-16(2)28(3)25(30)27-23(21)22-19-11-6-5-9-17(19)12-13-20(22)31-4/h5-14,23H,1-4H3,(H,26,29)(H,27,30). The predicted molar refractivity (Wildman–Crippen MR) is 122 cm³/mol. The SMILES string of the molecule is COc1ccc2ccccc2c1C1NC(=O)N(C)C(C)=C1C(=O)Nc1cccc(C)c1. The lowest BCUT2D eigenvalue weighted by molar-refractivity contribution is -0.113. The van der Waals surface area contributed by atoms with E-state index in [1.807, 2.05) is 67.6 Å². The Morgan fingerprint density at radius 2 is 1.84 bits per heavy atom. The third kappa shape index (κ3) is 3.72. The highest BCUT2D eigenvalue weighted by atomic mass is 16.5. The van der Waals surface area contributed by atoms with Crippen LogP contribution < -0.4 is 15.4 Å². The lowest BCUT2D eigenvalue weighted by atomic mass is 9.89. The van der Waals surface area contributed by atoms with E-state index in [1.165, 1.54) is 4.90 Å². The molecule has 3 aromatic carbocycles. The Bertz CT molecular complexity index is 1220. The average molecular weight is 415 g/mol. The first kappa shape index (κ1) is 20.5. The summed E-state index contributed by atoms with van der Waals surface area (Å²) in [5.74, 6) is 0.345. The molecule has 31 heavy (non-hydrogen) atoms. The Morgan fingerprint density at radius 1 is 1.06 bits per heavy atom. The molecule has 0 saturated heterocycles. The van der Waals surface area contributed by atoms with Crippen molar-refractivity contribution in [3.8, 4) is 5.75 Å². The normalized spacial score (nSPS) is 16.3. The number of methoxy groups -OCH3 is 1. The van der Waals surface area contributed by atoms with E-state index in [0.29, 0.717) is 22.7 Å².